The Morgan fingerprint density at radius 1 is 1.17 bits per heavy atom. The number of carbonyl (C=O) groups excluding carboxylic acids is 2. The van der Waals surface area contributed by atoms with Crippen LogP contribution in [0.5, 0.6) is 5.75 Å². The number of amides is 2. The fourth-order valence-corrected chi connectivity index (χ4v) is 4.35. The molecule has 2 atom stereocenters. The second kappa shape index (κ2) is 9.16. The maximum Gasteiger partial charge on any atom is 0.258 e. The minimum absolute atomic E-state index is 0.0105. The van der Waals surface area contributed by atoms with Gasteiger partial charge in [-0.05, 0) is 70.0 Å². The van der Waals surface area contributed by atoms with E-state index >= 15 is 0 Å². The van der Waals surface area contributed by atoms with E-state index in [1.165, 1.54) is 38.6 Å². The van der Waals surface area contributed by atoms with Crippen LogP contribution in [-0.4, -0.2) is 48.5 Å². The summed E-state index contributed by atoms with van der Waals surface area (Å²) in [4.78, 5) is 26.9. The van der Waals surface area contributed by atoms with Crippen molar-refractivity contribution in [3.63, 3.8) is 0 Å². The third kappa shape index (κ3) is 5.50. The Morgan fingerprint density at radius 3 is 2.72 bits per heavy atom. The number of piperidine rings is 1. The topological polar surface area (TPSA) is 70.7 Å². The predicted molar refractivity (Wildman–Crippen MR) is 113 cm³/mol. The summed E-state index contributed by atoms with van der Waals surface area (Å²) in [5, 5.41) is 6.03. The molecule has 1 aliphatic heterocycles. The van der Waals surface area contributed by atoms with Crippen molar-refractivity contribution in [3.8, 4) is 5.75 Å². The first-order chi connectivity index (χ1) is 14.1. The smallest absolute Gasteiger partial charge is 0.258 e. The Labute approximate surface area is 173 Å². The number of nitrogens with zero attached hydrogens (tertiary/aromatic N) is 1. The summed E-state index contributed by atoms with van der Waals surface area (Å²) in [6, 6.07) is 8.17. The van der Waals surface area contributed by atoms with Crippen LogP contribution in [0.3, 0.4) is 0 Å². The first-order valence-corrected chi connectivity index (χ1v) is 11.2. The van der Waals surface area contributed by atoms with Crippen LogP contribution in [0.25, 0.3) is 0 Å². The van der Waals surface area contributed by atoms with Crippen LogP contribution in [-0.2, 0) is 9.59 Å². The molecule has 3 aliphatic rings. The molecule has 2 aliphatic carbocycles. The summed E-state index contributed by atoms with van der Waals surface area (Å²) < 4.78 is 5.67. The maximum absolute atomic E-state index is 12.4. The van der Waals surface area contributed by atoms with Gasteiger partial charge in [0.2, 0.25) is 5.91 Å². The summed E-state index contributed by atoms with van der Waals surface area (Å²) in [6.45, 7) is 4.40. The lowest BCUT2D eigenvalue weighted by Gasteiger charge is -2.43. The molecule has 2 amide bonds. The number of benzene rings is 1. The normalized spacial score (nSPS) is 23.7. The van der Waals surface area contributed by atoms with Crippen LogP contribution in [0.15, 0.2) is 24.3 Å². The molecule has 2 N–H and O–H groups in total. The highest BCUT2D eigenvalue weighted by Gasteiger charge is 2.32. The molecular formula is C23H33N3O3. The average molecular weight is 400 g/mol. The summed E-state index contributed by atoms with van der Waals surface area (Å²) in [6.07, 6.45) is 8.37. The van der Waals surface area contributed by atoms with Crippen LogP contribution >= 0.6 is 0 Å². The van der Waals surface area contributed by atoms with Gasteiger partial charge in [-0.25, -0.2) is 0 Å². The highest BCUT2D eigenvalue weighted by molar-refractivity contribution is 5.94. The third-order valence-corrected chi connectivity index (χ3v) is 6.60. The number of likely N-dealkylation sites (tertiary alicyclic amines) is 1. The second-order valence-corrected chi connectivity index (χ2v) is 8.92. The van der Waals surface area contributed by atoms with Crippen molar-refractivity contribution in [2.75, 3.05) is 25.0 Å². The molecule has 1 heterocycles. The lowest BCUT2D eigenvalue weighted by atomic mass is 9.85. The van der Waals surface area contributed by atoms with E-state index in [0.29, 0.717) is 17.4 Å². The second-order valence-electron chi connectivity index (χ2n) is 8.92. The van der Waals surface area contributed by atoms with Crippen molar-refractivity contribution < 1.29 is 14.3 Å². The number of ether oxygens (including phenoxy) is 1. The SMILES string of the molecule is C[C@H](NC(=O)COc1cccc(NC(=O)C2CC2)c1)[C@@H]1CCCN(C2CCC2)C1. The van der Waals surface area contributed by atoms with E-state index in [2.05, 4.69) is 22.5 Å². The summed E-state index contributed by atoms with van der Waals surface area (Å²) in [5.74, 6) is 1.24. The molecule has 3 fully saturated rings. The highest BCUT2D eigenvalue weighted by atomic mass is 16.5. The fraction of sp³-hybridized carbons (Fsp3) is 0.652. The predicted octanol–water partition coefficient (Wildman–Crippen LogP) is 3.18. The highest BCUT2D eigenvalue weighted by Crippen LogP contribution is 2.31. The van der Waals surface area contributed by atoms with E-state index in [1.807, 2.05) is 12.1 Å². The lowest BCUT2D eigenvalue weighted by Crippen LogP contribution is -2.51. The minimum Gasteiger partial charge on any atom is -0.484 e. The minimum atomic E-state index is -0.0920. The summed E-state index contributed by atoms with van der Waals surface area (Å²) in [5.41, 5.74) is 0.714. The first kappa shape index (κ1) is 20.2. The Morgan fingerprint density at radius 2 is 2.00 bits per heavy atom. The van der Waals surface area contributed by atoms with Crippen LogP contribution in [0.1, 0.15) is 51.9 Å². The fourth-order valence-electron chi connectivity index (χ4n) is 4.35. The molecule has 1 saturated heterocycles. The lowest BCUT2D eigenvalue weighted by molar-refractivity contribution is -0.124. The molecule has 6 nitrogen and oxygen atoms in total. The molecule has 1 aromatic carbocycles. The molecule has 0 aromatic heterocycles. The monoisotopic (exact) mass is 399 g/mol. The van der Waals surface area contributed by atoms with Gasteiger partial charge in [0, 0.05) is 36.3 Å². The van der Waals surface area contributed by atoms with Gasteiger partial charge in [0.1, 0.15) is 5.75 Å². The van der Waals surface area contributed by atoms with Gasteiger partial charge in [0.25, 0.3) is 5.91 Å². The van der Waals surface area contributed by atoms with Crippen molar-refractivity contribution in [3.05, 3.63) is 24.3 Å². The Kier molecular flexibility index (Phi) is 6.38. The van der Waals surface area contributed by atoms with Gasteiger partial charge in [-0.3, -0.25) is 9.59 Å². The molecule has 158 valence electrons. The van der Waals surface area contributed by atoms with Crippen molar-refractivity contribution >= 4 is 17.5 Å². The van der Waals surface area contributed by atoms with Gasteiger partial charge in [-0.2, -0.15) is 0 Å². The first-order valence-electron chi connectivity index (χ1n) is 11.2. The van der Waals surface area contributed by atoms with E-state index in [9.17, 15) is 9.59 Å². The van der Waals surface area contributed by atoms with Crippen molar-refractivity contribution in [1.82, 2.24) is 10.2 Å². The molecule has 0 spiro atoms. The number of rotatable bonds is 8. The summed E-state index contributed by atoms with van der Waals surface area (Å²) >= 11 is 0. The average Bonchev–Trinajstić information content (AvgIpc) is 3.51. The van der Waals surface area contributed by atoms with E-state index in [-0.39, 0.29) is 30.4 Å². The van der Waals surface area contributed by atoms with Crippen molar-refractivity contribution in [2.45, 2.75) is 64.0 Å². The zero-order valence-electron chi connectivity index (χ0n) is 17.4. The van der Waals surface area contributed by atoms with Crippen molar-refractivity contribution in [1.29, 1.82) is 0 Å². The third-order valence-electron chi connectivity index (χ3n) is 6.60. The van der Waals surface area contributed by atoms with Gasteiger partial charge >= 0.3 is 0 Å². The van der Waals surface area contributed by atoms with E-state index < -0.39 is 0 Å². The van der Waals surface area contributed by atoms with Gasteiger partial charge in [-0.15, -0.1) is 0 Å². The van der Waals surface area contributed by atoms with Crippen LogP contribution in [0, 0.1) is 11.8 Å². The molecule has 6 heteroatoms. The molecule has 29 heavy (non-hydrogen) atoms. The molecule has 0 unspecified atom stereocenters. The van der Waals surface area contributed by atoms with Gasteiger partial charge in [0.15, 0.2) is 6.61 Å². The largest absolute Gasteiger partial charge is 0.484 e. The standard InChI is InChI=1S/C23H33N3O3/c1-16(18-5-4-12-26(14-18)20-7-3-8-20)24-22(27)15-29-21-9-2-6-19(13-21)25-23(28)17-10-11-17/h2,6,9,13,16-18,20H,3-5,7-8,10-12,14-15H2,1H3,(H,24,27)(H,25,28)/t16-,18+/m0/s1. The Balaban J connectivity index is 1.21. The zero-order valence-corrected chi connectivity index (χ0v) is 17.4. The van der Waals surface area contributed by atoms with Gasteiger partial charge in [0.05, 0.1) is 0 Å². The maximum atomic E-state index is 12.4. The number of carbonyl (C=O) groups is 2. The molecule has 0 radical (unpaired) electrons. The number of hydrogen-bond donors (Lipinski definition) is 2. The molecule has 1 aromatic rings. The van der Waals surface area contributed by atoms with E-state index in [0.717, 1.165) is 25.4 Å². The summed E-state index contributed by atoms with van der Waals surface area (Å²) in [7, 11) is 0. The Bertz CT molecular complexity index is 730. The quantitative estimate of drug-likeness (QED) is 0.704. The van der Waals surface area contributed by atoms with Crippen LogP contribution < -0.4 is 15.4 Å². The molecule has 4 rings (SSSR count). The van der Waals surface area contributed by atoms with Gasteiger partial charge in [-0.1, -0.05) is 12.5 Å². The Hall–Kier alpha value is -2.08. The van der Waals surface area contributed by atoms with E-state index in [4.69, 9.17) is 4.74 Å². The molecule has 2 saturated carbocycles. The molecule has 0 bridgehead atoms. The number of nitrogens with one attached hydrogen (secondary N) is 2. The van der Waals surface area contributed by atoms with Crippen LogP contribution in [0.2, 0.25) is 0 Å². The van der Waals surface area contributed by atoms with Gasteiger partial charge < -0.3 is 20.3 Å². The van der Waals surface area contributed by atoms with Crippen LogP contribution in [0.4, 0.5) is 5.69 Å². The zero-order chi connectivity index (χ0) is 20.2. The molecular weight excluding hydrogens is 366 g/mol. The van der Waals surface area contributed by atoms with Crippen molar-refractivity contribution in [2.24, 2.45) is 11.8 Å². The van der Waals surface area contributed by atoms with E-state index in [1.54, 1.807) is 12.1 Å². The number of anilines is 1. The number of hydrogen-bond acceptors (Lipinski definition) is 4.